The molecule has 3 aromatic carbocycles. The number of fused-ring (bicyclic) bond motifs is 3. The molecule has 18 nitrogen and oxygen atoms in total. The van der Waals surface area contributed by atoms with Crippen molar-refractivity contribution >= 4 is 68.4 Å². The van der Waals surface area contributed by atoms with Crippen molar-refractivity contribution in [2.75, 3.05) is 27.8 Å². The van der Waals surface area contributed by atoms with Gasteiger partial charge >= 0.3 is 23.9 Å². The molecule has 0 N–H and O–H groups in total. The van der Waals surface area contributed by atoms with Gasteiger partial charge < -0.3 is 46.7 Å². The molecule has 0 aliphatic rings. The fourth-order valence-corrected chi connectivity index (χ4v) is 6.62. The molecule has 0 saturated heterocycles. The number of rotatable bonds is 13. The highest BCUT2D eigenvalue weighted by Crippen LogP contribution is 2.44. The van der Waals surface area contributed by atoms with Gasteiger partial charge in [0.2, 0.25) is 10.9 Å². The highest BCUT2D eigenvalue weighted by molar-refractivity contribution is 6.19. The Bertz CT molecular complexity index is 3030. The molecule has 0 saturated carbocycles. The number of carbonyl (C=O) groups excluding carboxylic acids is 6. The van der Waals surface area contributed by atoms with E-state index in [4.69, 9.17) is 46.7 Å². The number of ether oxygens (including phenoxy) is 8. The Balaban J connectivity index is 2.03. The zero-order valence-corrected chi connectivity index (χ0v) is 41.1. The van der Waals surface area contributed by atoms with Crippen LogP contribution in [0.5, 0.6) is 23.0 Å². The summed E-state index contributed by atoms with van der Waals surface area (Å²) in [6.07, 6.45) is 0.941. The first-order valence-electron chi connectivity index (χ1n) is 21.3. The summed E-state index contributed by atoms with van der Waals surface area (Å²) in [7, 11) is 2.64. The molecule has 0 bridgehead atoms. The first-order valence-corrected chi connectivity index (χ1v) is 21.3. The molecule has 0 amide bonds. The number of Topliss-reactive ketones (excluding diaryl/α,β-unsaturated/α-hetero) is 2. The van der Waals surface area contributed by atoms with E-state index >= 15 is 9.59 Å². The lowest BCUT2D eigenvalue weighted by molar-refractivity contribution is -0.144. The van der Waals surface area contributed by atoms with Crippen LogP contribution in [0.25, 0.3) is 44.0 Å². The summed E-state index contributed by atoms with van der Waals surface area (Å²) in [6.45, 7) is 20.2. The summed E-state index contributed by atoms with van der Waals surface area (Å²) in [4.78, 5) is 114. The number of hydrogen-bond acceptors (Lipinski definition) is 18. The Hall–Kier alpha value is -6.92. The van der Waals surface area contributed by atoms with E-state index in [1.165, 1.54) is 20.3 Å². The van der Waals surface area contributed by atoms with E-state index in [0.717, 1.165) is 32.2 Å². The van der Waals surface area contributed by atoms with Crippen LogP contribution in [0.1, 0.15) is 138 Å². The number of esters is 4. The van der Waals surface area contributed by atoms with E-state index in [9.17, 15) is 28.8 Å². The third kappa shape index (κ3) is 10.8. The van der Waals surface area contributed by atoms with Gasteiger partial charge in [0.15, 0.2) is 48.2 Å². The van der Waals surface area contributed by atoms with E-state index in [-0.39, 0.29) is 33.8 Å². The normalized spacial score (nSPS) is 12.2. The summed E-state index contributed by atoms with van der Waals surface area (Å²) >= 11 is 0. The Labute approximate surface area is 391 Å². The van der Waals surface area contributed by atoms with Crippen LogP contribution in [-0.4, -0.2) is 74.5 Å². The van der Waals surface area contributed by atoms with Crippen molar-refractivity contribution in [3.05, 3.63) is 67.2 Å². The average Bonchev–Trinajstić information content (AvgIpc) is 3.19. The molecular formula is C50H56O18. The smallest absolute Gasteiger partial charge is 0.343 e. The molecule has 5 rings (SSSR count). The van der Waals surface area contributed by atoms with Crippen molar-refractivity contribution < 1.29 is 75.5 Å². The minimum atomic E-state index is -1.16. The van der Waals surface area contributed by atoms with Crippen LogP contribution in [0.3, 0.4) is 0 Å². The number of carbonyl (C=O) groups is 6. The number of ketones is 2. The molecule has 364 valence electrons. The fourth-order valence-electron chi connectivity index (χ4n) is 6.62. The van der Waals surface area contributed by atoms with Crippen molar-refractivity contribution in [2.24, 2.45) is 10.8 Å². The molecule has 0 unspecified atom stereocenters. The zero-order valence-electron chi connectivity index (χ0n) is 41.1. The molecule has 2 heterocycles. The Morgan fingerprint density at radius 2 is 1.01 bits per heavy atom. The van der Waals surface area contributed by atoms with Gasteiger partial charge in [-0.2, -0.15) is 0 Å². The van der Waals surface area contributed by atoms with Gasteiger partial charge in [-0.3, -0.25) is 28.8 Å². The largest absolute Gasteiger partial charge is 0.463 e. The molecular weight excluding hydrogens is 889 g/mol. The lowest BCUT2D eigenvalue weighted by atomic mass is 9.88. The van der Waals surface area contributed by atoms with Crippen LogP contribution in [0.4, 0.5) is 0 Å². The first kappa shape index (κ1) is 52.1. The Kier molecular flexibility index (Phi) is 14.5. The van der Waals surface area contributed by atoms with E-state index < -0.39 is 137 Å². The van der Waals surface area contributed by atoms with Crippen molar-refractivity contribution in [1.82, 2.24) is 0 Å². The highest BCUT2D eigenvalue weighted by Gasteiger charge is 2.37. The van der Waals surface area contributed by atoms with Gasteiger partial charge in [-0.15, -0.1) is 0 Å². The summed E-state index contributed by atoms with van der Waals surface area (Å²) < 4.78 is 57.2. The highest BCUT2D eigenvalue weighted by atomic mass is 16.7. The summed E-state index contributed by atoms with van der Waals surface area (Å²) in [5, 5.41) is -1.38. The van der Waals surface area contributed by atoms with Crippen molar-refractivity contribution in [1.29, 1.82) is 0 Å². The summed E-state index contributed by atoms with van der Waals surface area (Å²) in [5.74, 6) is -7.03. The van der Waals surface area contributed by atoms with Gasteiger partial charge in [0.1, 0.15) is 45.3 Å². The molecule has 0 aliphatic carbocycles. The topological polar surface area (TPSA) is 237 Å². The number of benzene rings is 3. The molecule has 0 aliphatic heterocycles. The second-order valence-electron chi connectivity index (χ2n) is 19.9. The van der Waals surface area contributed by atoms with Crippen molar-refractivity contribution in [3.63, 3.8) is 0 Å². The maximum atomic E-state index is 15.2. The lowest BCUT2D eigenvalue weighted by Gasteiger charge is -2.24. The van der Waals surface area contributed by atoms with Crippen LogP contribution in [-0.2, 0) is 28.5 Å². The fraction of sp³-hybridized carbons (Fsp3) is 0.440. The van der Waals surface area contributed by atoms with Gasteiger partial charge in [-0.1, -0.05) is 0 Å². The monoisotopic (exact) mass is 944 g/mol. The quantitative estimate of drug-likeness (QED) is 0.0352. The third-order valence-corrected chi connectivity index (χ3v) is 9.64. The maximum Gasteiger partial charge on any atom is 0.343 e. The van der Waals surface area contributed by atoms with Crippen LogP contribution in [0.15, 0.2) is 42.9 Å². The number of methoxy groups -OCH3 is 2. The molecule has 68 heavy (non-hydrogen) atoms. The van der Waals surface area contributed by atoms with Gasteiger partial charge in [-0.25, -0.2) is 9.59 Å². The van der Waals surface area contributed by atoms with Crippen LogP contribution in [0, 0.1) is 10.8 Å². The standard InChI is InChI=1S/C50H56O18/c1-23(51)25-17-26-38(53)35-29(19-31(63-22-60-16)42(66-46(58)48(6,7)8)37(35)44(56)68-50(12,13)14)64-40(26)32(24(2)52)33(25)27-20-61-28-18-30(62-21-59-15)41(65-45(57)47(3,4)5)36(34(28)39(27)54)43(55)67-49(9,10)11/h17-20H,21-22H2,1-16H3. The molecule has 5 aromatic rings. The Morgan fingerprint density at radius 1 is 0.574 bits per heavy atom. The minimum absolute atomic E-state index is 0.238. The van der Waals surface area contributed by atoms with Gasteiger partial charge in [0, 0.05) is 37.5 Å². The third-order valence-electron chi connectivity index (χ3n) is 9.64. The van der Waals surface area contributed by atoms with Crippen molar-refractivity contribution in [3.8, 4) is 34.1 Å². The first-order chi connectivity index (χ1) is 31.3. The van der Waals surface area contributed by atoms with Crippen LogP contribution in [0.2, 0.25) is 0 Å². The number of hydrogen-bond donors (Lipinski definition) is 0. The van der Waals surface area contributed by atoms with E-state index in [1.807, 2.05) is 0 Å². The predicted octanol–water partition coefficient (Wildman–Crippen LogP) is 8.90. The van der Waals surface area contributed by atoms with E-state index in [1.54, 1.807) is 83.1 Å². The summed E-state index contributed by atoms with van der Waals surface area (Å²) in [5.41, 5.74) is -10.5. The molecule has 0 fully saturated rings. The zero-order chi connectivity index (χ0) is 51.2. The van der Waals surface area contributed by atoms with Gasteiger partial charge in [-0.05, 0) is 103 Å². The van der Waals surface area contributed by atoms with Crippen LogP contribution < -0.4 is 29.8 Å². The van der Waals surface area contributed by atoms with Crippen LogP contribution >= 0.6 is 0 Å². The molecule has 0 spiro atoms. The lowest BCUT2D eigenvalue weighted by Crippen LogP contribution is -2.29. The van der Waals surface area contributed by atoms with E-state index in [0.29, 0.717) is 0 Å². The Morgan fingerprint density at radius 3 is 1.41 bits per heavy atom. The molecule has 2 aromatic heterocycles. The van der Waals surface area contributed by atoms with Gasteiger partial charge in [0.25, 0.3) is 0 Å². The molecule has 18 heteroatoms. The molecule has 0 atom stereocenters. The minimum Gasteiger partial charge on any atom is -0.463 e. The second kappa shape index (κ2) is 19.0. The van der Waals surface area contributed by atoms with E-state index in [2.05, 4.69) is 0 Å². The van der Waals surface area contributed by atoms with Crippen molar-refractivity contribution in [2.45, 2.75) is 108 Å². The summed E-state index contributed by atoms with van der Waals surface area (Å²) in [6, 6.07) is 3.43. The predicted molar refractivity (Wildman–Crippen MR) is 247 cm³/mol. The SMILES string of the molecule is COCOc1cc2occ(-c3c(C(C)=O)cc4c(=O)c5c(C(=O)OC(C)(C)C)c(OC(=O)C(C)(C)C)c(OCOC)cc5oc4c3C(C)=O)c(=O)c2c(C(=O)OC(C)(C)C)c1OC(=O)C(C)(C)C. The second-order valence-corrected chi connectivity index (χ2v) is 19.9. The van der Waals surface area contributed by atoms with Gasteiger partial charge in [0.05, 0.1) is 38.1 Å². The molecule has 0 radical (unpaired) electrons. The average molecular weight is 945 g/mol. The maximum absolute atomic E-state index is 15.2.